The summed E-state index contributed by atoms with van der Waals surface area (Å²) in [6, 6.07) is 2.21. The first kappa shape index (κ1) is 12.1. The van der Waals surface area contributed by atoms with Gasteiger partial charge >= 0.3 is 5.69 Å². The quantitative estimate of drug-likeness (QED) is 0.373. The molecule has 80 valence electrons. The Balaban J connectivity index is 3.43. The first-order valence-corrected chi connectivity index (χ1v) is 5.03. The molecular weight excluding hydrogens is 292 g/mol. The van der Waals surface area contributed by atoms with E-state index in [9.17, 15) is 19.3 Å². The Labute approximate surface area is 97.3 Å². The largest absolute Gasteiger partial charge is 0.305 e. The normalized spacial score (nSPS) is 10.1. The maximum atomic E-state index is 13.5. The summed E-state index contributed by atoms with van der Waals surface area (Å²) < 4.78 is 13.6. The molecule has 0 fully saturated rings. The van der Waals surface area contributed by atoms with E-state index in [1.54, 1.807) is 0 Å². The first-order chi connectivity index (χ1) is 6.99. The molecular formula is C8H4BrClFNO3. The van der Waals surface area contributed by atoms with Crippen molar-refractivity contribution in [3.8, 4) is 0 Å². The Hall–Kier alpha value is -1.01. The number of Topliss-reactive ketones (excluding diaryl/α,β-unsaturated/α-hetero) is 1. The van der Waals surface area contributed by atoms with Gasteiger partial charge in [0.15, 0.2) is 5.78 Å². The molecule has 0 amide bonds. The van der Waals surface area contributed by atoms with Crippen LogP contribution in [-0.4, -0.2) is 16.6 Å². The van der Waals surface area contributed by atoms with Crippen LogP contribution in [0.5, 0.6) is 0 Å². The van der Waals surface area contributed by atoms with Gasteiger partial charge in [0.1, 0.15) is 0 Å². The lowest BCUT2D eigenvalue weighted by Gasteiger charge is -2.03. The van der Waals surface area contributed by atoms with E-state index < -0.39 is 28.1 Å². The molecule has 0 bridgehead atoms. The summed E-state index contributed by atoms with van der Waals surface area (Å²) in [7, 11) is 0. The molecule has 0 saturated heterocycles. The predicted molar refractivity (Wildman–Crippen MR) is 55.8 cm³/mol. The number of hydrogen-bond acceptors (Lipinski definition) is 3. The highest BCUT2D eigenvalue weighted by Crippen LogP contribution is 2.27. The van der Waals surface area contributed by atoms with Crippen molar-refractivity contribution in [2.24, 2.45) is 0 Å². The van der Waals surface area contributed by atoms with Gasteiger partial charge in [-0.3, -0.25) is 14.9 Å². The number of ketones is 1. The molecule has 0 saturated carbocycles. The van der Waals surface area contributed by atoms with Crippen molar-refractivity contribution in [1.29, 1.82) is 0 Å². The Morgan fingerprint density at radius 1 is 1.60 bits per heavy atom. The van der Waals surface area contributed by atoms with Crippen LogP contribution in [-0.2, 0) is 0 Å². The van der Waals surface area contributed by atoms with Crippen LogP contribution in [0.25, 0.3) is 0 Å². The van der Waals surface area contributed by atoms with Crippen LogP contribution in [0.2, 0.25) is 0 Å². The summed E-state index contributed by atoms with van der Waals surface area (Å²) in [5.74, 6) is -2.30. The van der Waals surface area contributed by atoms with Crippen molar-refractivity contribution < 1.29 is 14.1 Å². The van der Waals surface area contributed by atoms with Crippen molar-refractivity contribution in [2.45, 2.75) is 0 Å². The first-order valence-electron chi connectivity index (χ1n) is 3.70. The Morgan fingerprint density at radius 3 is 2.67 bits per heavy atom. The van der Waals surface area contributed by atoms with Crippen LogP contribution in [0.4, 0.5) is 10.1 Å². The van der Waals surface area contributed by atoms with E-state index in [4.69, 9.17) is 11.6 Å². The Morgan fingerprint density at radius 2 is 2.20 bits per heavy atom. The molecule has 0 aliphatic carbocycles. The topological polar surface area (TPSA) is 60.2 Å². The van der Waals surface area contributed by atoms with Gasteiger partial charge in [0.05, 0.1) is 16.4 Å². The smallest absolute Gasteiger partial charge is 0.293 e. The number of hydrogen-bond donors (Lipinski definition) is 0. The maximum absolute atomic E-state index is 13.5. The fourth-order valence-corrected chi connectivity index (χ4v) is 1.67. The Bertz CT molecular complexity index is 438. The summed E-state index contributed by atoms with van der Waals surface area (Å²) in [5, 5.41) is 10.4. The second-order valence-electron chi connectivity index (χ2n) is 2.57. The number of nitro groups is 1. The van der Waals surface area contributed by atoms with E-state index in [-0.39, 0.29) is 10.0 Å². The zero-order valence-corrected chi connectivity index (χ0v) is 9.51. The minimum atomic E-state index is -1.17. The SMILES string of the molecule is O=C(CCl)c1c(Br)ccc([N+](=O)[O-])c1F. The number of alkyl halides is 1. The molecule has 1 aromatic carbocycles. The fourth-order valence-electron chi connectivity index (χ4n) is 1.00. The highest BCUT2D eigenvalue weighted by atomic mass is 79.9. The Kier molecular flexibility index (Phi) is 3.76. The third-order valence-corrected chi connectivity index (χ3v) is 2.57. The maximum Gasteiger partial charge on any atom is 0.305 e. The number of halogens is 3. The molecule has 0 unspecified atom stereocenters. The molecule has 0 aromatic heterocycles. The van der Waals surface area contributed by atoms with Crippen LogP contribution in [0, 0.1) is 15.9 Å². The molecule has 1 aromatic rings. The molecule has 7 heteroatoms. The van der Waals surface area contributed by atoms with Crippen LogP contribution in [0.3, 0.4) is 0 Å². The monoisotopic (exact) mass is 295 g/mol. The lowest BCUT2D eigenvalue weighted by molar-refractivity contribution is -0.387. The lowest BCUT2D eigenvalue weighted by Crippen LogP contribution is -2.07. The second kappa shape index (κ2) is 4.67. The van der Waals surface area contributed by atoms with E-state index in [1.807, 2.05) is 0 Å². The molecule has 1 rings (SSSR count). The van der Waals surface area contributed by atoms with Crippen molar-refractivity contribution in [2.75, 3.05) is 5.88 Å². The van der Waals surface area contributed by atoms with Gasteiger partial charge in [0.25, 0.3) is 0 Å². The van der Waals surface area contributed by atoms with Crippen LogP contribution in [0.1, 0.15) is 10.4 Å². The standard InChI is InChI=1S/C8H4BrClFNO3/c9-4-1-2-5(12(14)15)8(11)7(4)6(13)3-10/h1-2H,3H2. The van der Waals surface area contributed by atoms with E-state index in [1.165, 1.54) is 6.07 Å². The minimum Gasteiger partial charge on any atom is -0.293 e. The van der Waals surface area contributed by atoms with Gasteiger partial charge in [-0.25, -0.2) is 0 Å². The highest BCUT2D eigenvalue weighted by Gasteiger charge is 2.24. The van der Waals surface area contributed by atoms with Crippen LogP contribution < -0.4 is 0 Å². The van der Waals surface area contributed by atoms with Gasteiger partial charge in [0, 0.05) is 10.5 Å². The van der Waals surface area contributed by atoms with E-state index in [2.05, 4.69) is 15.9 Å². The summed E-state index contributed by atoms with van der Waals surface area (Å²) in [5.41, 5.74) is -1.13. The molecule has 0 atom stereocenters. The van der Waals surface area contributed by atoms with Gasteiger partial charge in [-0.1, -0.05) is 0 Å². The molecule has 0 aliphatic heterocycles. The zero-order valence-electron chi connectivity index (χ0n) is 7.17. The van der Waals surface area contributed by atoms with Gasteiger partial charge < -0.3 is 0 Å². The third-order valence-electron chi connectivity index (χ3n) is 1.67. The minimum absolute atomic E-state index is 0.149. The predicted octanol–water partition coefficient (Wildman–Crippen LogP) is 2.92. The molecule has 0 heterocycles. The highest BCUT2D eigenvalue weighted by molar-refractivity contribution is 9.10. The fraction of sp³-hybridized carbons (Fsp3) is 0.125. The van der Waals surface area contributed by atoms with Crippen molar-refractivity contribution in [3.05, 3.63) is 38.1 Å². The summed E-state index contributed by atoms with van der Waals surface area (Å²) in [4.78, 5) is 20.7. The van der Waals surface area contributed by atoms with Gasteiger partial charge in [-0.2, -0.15) is 4.39 Å². The number of nitrogens with zero attached hydrogens (tertiary/aromatic N) is 1. The third kappa shape index (κ3) is 2.32. The lowest BCUT2D eigenvalue weighted by atomic mass is 10.1. The van der Waals surface area contributed by atoms with Crippen molar-refractivity contribution >= 4 is 39.0 Å². The molecule has 0 N–H and O–H groups in total. The van der Waals surface area contributed by atoms with Crippen molar-refractivity contribution in [1.82, 2.24) is 0 Å². The number of carbonyl (C=O) groups excluding carboxylic acids is 1. The number of rotatable bonds is 3. The number of carbonyl (C=O) groups is 1. The van der Waals surface area contributed by atoms with Crippen LogP contribution >= 0.6 is 27.5 Å². The average molecular weight is 296 g/mol. The summed E-state index contributed by atoms with van der Waals surface area (Å²) >= 11 is 8.19. The van der Waals surface area contributed by atoms with Gasteiger partial charge in [-0.15, -0.1) is 11.6 Å². The number of benzene rings is 1. The summed E-state index contributed by atoms with van der Waals surface area (Å²) in [6.45, 7) is 0. The second-order valence-corrected chi connectivity index (χ2v) is 3.69. The zero-order chi connectivity index (χ0) is 11.6. The van der Waals surface area contributed by atoms with Gasteiger partial charge in [-0.05, 0) is 22.0 Å². The summed E-state index contributed by atoms with van der Waals surface area (Å²) in [6.07, 6.45) is 0. The van der Waals surface area contributed by atoms with Gasteiger partial charge in [0.2, 0.25) is 5.82 Å². The number of nitro benzene ring substituents is 1. The van der Waals surface area contributed by atoms with Crippen LogP contribution in [0.15, 0.2) is 16.6 Å². The molecule has 0 spiro atoms. The molecule has 0 radical (unpaired) electrons. The van der Waals surface area contributed by atoms with E-state index >= 15 is 0 Å². The van der Waals surface area contributed by atoms with E-state index in [0.717, 1.165) is 6.07 Å². The molecule has 15 heavy (non-hydrogen) atoms. The molecule has 0 aliphatic rings. The van der Waals surface area contributed by atoms with E-state index in [0.29, 0.717) is 0 Å². The average Bonchev–Trinajstić information content (AvgIpc) is 2.16. The van der Waals surface area contributed by atoms with Crippen molar-refractivity contribution in [3.63, 3.8) is 0 Å². The molecule has 4 nitrogen and oxygen atoms in total.